The number of aliphatic hydroxyl groups is 1. The first kappa shape index (κ1) is 21.4. The number of hydrazine groups is 1. The lowest BCUT2D eigenvalue weighted by atomic mass is 10.0. The number of carbonyl (C=O) groups excluding carboxylic acids is 2. The molecule has 0 bridgehead atoms. The lowest BCUT2D eigenvalue weighted by Gasteiger charge is -2.20. The summed E-state index contributed by atoms with van der Waals surface area (Å²) in [6.07, 6.45) is -4.57. The molecule has 0 spiro atoms. The Balaban J connectivity index is 2.18. The minimum Gasteiger partial charge on any atom is -0.386 e. The van der Waals surface area contributed by atoms with Crippen molar-refractivity contribution in [3.8, 4) is 0 Å². The average Bonchev–Trinajstić information content (AvgIpc) is 2.95. The van der Waals surface area contributed by atoms with E-state index in [2.05, 4.69) is 10.9 Å². The van der Waals surface area contributed by atoms with E-state index in [1.807, 2.05) is 19.9 Å². The minimum atomic E-state index is -4.57. The van der Waals surface area contributed by atoms with E-state index in [0.717, 1.165) is 23.3 Å². The van der Waals surface area contributed by atoms with Gasteiger partial charge in [0.15, 0.2) is 0 Å². The molecule has 3 rings (SSSR count). The van der Waals surface area contributed by atoms with Gasteiger partial charge in [-0.05, 0) is 56.2 Å². The summed E-state index contributed by atoms with van der Waals surface area (Å²) in [5.41, 5.74) is 6.80. The molecule has 0 saturated heterocycles. The molecule has 158 valence electrons. The van der Waals surface area contributed by atoms with E-state index in [0.29, 0.717) is 11.3 Å². The Bertz CT molecular complexity index is 1040. The van der Waals surface area contributed by atoms with Gasteiger partial charge in [-0.1, -0.05) is 12.1 Å². The number of fused-ring (bicyclic) bond motifs is 1. The van der Waals surface area contributed by atoms with Gasteiger partial charge in [0.25, 0.3) is 11.8 Å². The number of allylic oxidation sites excluding steroid dienone is 1. The molecule has 1 aliphatic heterocycles. The number of amides is 2. The fourth-order valence-electron chi connectivity index (χ4n) is 3.40. The van der Waals surface area contributed by atoms with Gasteiger partial charge in [0, 0.05) is 16.9 Å². The zero-order valence-electron chi connectivity index (χ0n) is 16.5. The Morgan fingerprint density at radius 3 is 2.27 bits per heavy atom. The minimum absolute atomic E-state index is 0.101. The van der Waals surface area contributed by atoms with E-state index in [-0.39, 0.29) is 17.0 Å². The lowest BCUT2D eigenvalue weighted by molar-refractivity contribution is -0.137. The molecule has 2 aromatic carbocycles. The highest BCUT2D eigenvalue weighted by molar-refractivity contribution is 6.35. The van der Waals surface area contributed by atoms with E-state index in [4.69, 9.17) is 5.11 Å². The molecule has 0 saturated carbocycles. The van der Waals surface area contributed by atoms with Crippen LogP contribution in [0.2, 0.25) is 0 Å². The Morgan fingerprint density at radius 2 is 1.70 bits per heavy atom. The third-order valence-corrected chi connectivity index (χ3v) is 4.62. The number of halogens is 3. The van der Waals surface area contributed by atoms with Crippen molar-refractivity contribution in [2.75, 3.05) is 11.5 Å². The summed E-state index contributed by atoms with van der Waals surface area (Å²) < 4.78 is 39.9. The molecule has 1 aliphatic rings. The number of nitrogens with zero attached hydrogens (tertiary/aromatic N) is 1. The molecule has 30 heavy (non-hydrogen) atoms. The van der Waals surface area contributed by atoms with Crippen molar-refractivity contribution in [1.82, 2.24) is 10.9 Å². The topological polar surface area (TPSA) is 81.7 Å². The highest BCUT2D eigenvalue weighted by atomic mass is 19.4. The van der Waals surface area contributed by atoms with Crippen LogP contribution in [0.4, 0.5) is 24.5 Å². The SMILES string of the molecule is C/C(NNC(=O)CO)=C1/C(=O)N(c2cc(C)cc(C)c2)c2cc(C(F)(F)F)ccc21. The van der Waals surface area contributed by atoms with Gasteiger partial charge in [-0.2, -0.15) is 13.2 Å². The number of hydrogen-bond acceptors (Lipinski definition) is 4. The Hall–Kier alpha value is -3.33. The maximum atomic E-state index is 13.3. The predicted octanol–water partition coefficient (Wildman–Crippen LogP) is 3.34. The van der Waals surface area contributed by atoms with E-state index in [9.17, 15) is 22.8 Å². The normalized spacial score (nSPS) is 15.2. The van der Waals surface area contributed by atoms with Crippen LogP contribution in [0.25, 0.3) is 5.57 Å². The number of alkyl halides is 3. The van der Waals surface area contributed by atoms with Gasteiger partial charge in [-0.15, -0.1) is 0 Å². The van der Waals surface area contributed by atoms with Crippen LogP contribution in [0.5, 0.6) is 0 Å². The van der Waals surface area contributed by atoms with Crippen LogP contribution >= 0.6 is 0 Å². The molecule has 0 unspecified atom stereocenters. The number of rotatable bonds is 4. The molecule has 0 atom stereocenters. The molecule has 9 heteroatoms. The number of anilines is 2. The van der Waals surface area contributed by atoms with Crippen LogP contribution in [-0.4, -0.2) is 23.5 Å². The zero-order chi connectivity index (χ0) is 22.2. The summed E-state index contributed by atoms with van der Waals surface area (Å²) >= 11 is 0. The first-order chi connectivity index (χ1) is 14.0. The summed E-state index contributed by atoms with van der Waals surface area (Å²) in [4.78, 5) is 25.8. The number of hydrogen-bond donors (Lipinski definition) is 3. The summed E-state index contributed by atoms with van der Waals surface area (Å²) in [6, 6.07) is 8.43. The Kier molecular flexibility index (Phi) is 5.58. The van der Waals surface area contributed by atoms with Crippen LogP contribution < -0.4 is 15.8 Å². The van der Waals surface area contributed by atoms with Gasteiger partial charge in [0.05, 0.1) is 16.8 Å². The van der Waals surface area contributed by atoms with E-state index in [1.165, 1.54) is 17.9 Å². The maximum Gasteiger partial charge on any atom is 0.416 e. The van der Waals surface area contributed by atoms with Crippen molar-refractivity contribution in [2.45, 2.75) is 26.9 Å². The molecule has 0 radical (unpaired) electrons. The molecule has 0 aromatic heterocycles. The zero-order valence-corrected chi connectivity index (χ0v) is 16.5. The molecule has 0 fully saturated rings. The Morgan fingerprint density at radius 1 is 1.07 bits per heavy atom. The van der Waals surface area contributed by atoms with Gasteiger partial charge < -0.3 is 10.5 Å². The van der Waals surface area contributed by atoms with E-state index in [1.54, 1.807) is 12.1 Å². The number of carbonyl (C=O) groups is 2. The average molecular weight is 419 g/mol. The quantitative estimate of drug-likeness (QED) is 0.525. The number of aliphatic hydroxyl groups excluding tert-OH is 1. The third-order valence-electron chi connectivity index (χ3n) is 4.62. The monoisotopic (exact) mass is 419 g/mol. The standard InChI is InChI=1S/C21H20F3N3O3/c1-11-6-12(2)8-15(7-11)27-17-9-14(21(22,23)24)4-5-16(17)19(20(27)30)13(3)25-26-18(29)10-28/h4-9,25,28H,10H2,1-3H3,(H,26,29)/b19-13-. The molecule has 6 nitrogen and oxygen atoms in total. The second kappa shape index (κ2) is 7.83. The van der Waals surface area contributed by atoms with Gasteiger partial charge in [-0.3, -0.25) is 19.9 Å². The lowest BCUT2D eigenvalue weighted by Crippen LogP contribution is -2.38. The summed E-state index contributed by atoms with van der Waals surface area (Å²) in [6.45, 7) is 4.41. The van der Waals surface area contributed by atoms with Crippen LogP contribution in [0.15, 0.2) is 42.1 Å². The summed E-state index contributed by atoms with van der Waals surface area (Å²) in [5, 5.41) is 8.82. The van der Waals surface area contributed by atoms with Crippen LogP contribution in [-0.2, 0) is 15.8 Å². The molecule has 3 N–H and O–H groups in total. The van der Waals surface area contributed by atoms with Crippen LogP contribution in [0.1, 0.15) is 29.2 Å². The van der Waals surface area contributed by atoms with Crippen molar-refractivity contribution in [3.05, 3.63) is 64.3 Å². The van der Waals surface area contributed by atoms with Gasteiger partial charge >= 0.3 is 6.18 Å². The molecular weight excluding hydrogens is 399 g/mol. The second-order valence-electron chi connectivity index (χ2n) is 7.05. The number of benzene rings is 2. The fraction of sp³-hybridized carbons (Fsp3) is 0.238. The number of aryl methyl sites for hydroxylation is 2. The van der Waals surface area contributed by atoms with E-state index >= 15 is 0 Å². The summed E-state index contributed by atoms with van der Waals surface area (Å²) in [7, 11) is 0. The van der Waals surface area contributed by atoms with Crippen molar-refractivity contribution >= 4 is 28.8 Å². The van der Waals surface area contributed by atoms with Gasteiger partial charge in [0.1, 0.15) is 6.61 Å². The smallest absolute Gasteiger partial charge is 0.386 e. The predicted molar refractivity (Wildman–Crippen MR) is 105 cm³/mol. The summed E-state index contributed by atoms with van der Waals surface area (Å²) in [5.74, 6) is -1.25. The van der Waals surface area contributed by atoms with Gasteiger partial charge in [-0.25, -0.2) is 0 Å². The largest absolute Gasteiger partial charge is 0.416 e. The highest BCUT2D eigenvalue weighted by Gasteiger charge is 2.39. The molecule has 2 amide bonds. The molecular formula is C21H20F3N3O3. The number of nitrogens with one attached hydrogen (secondary N) is 2. The second-order valence-corrected chi connectivity index (χ2v) is 7.05. The van der Waals surface area contributed by atoms with Crippen molar-refractivity contribution in [3.63, 3.8) is 0 Å². The van der Waals surface area contributed by atoms with Gasteiger partial charge in [0.2, 0.25) is 0 Å². The van der Waals surface area contributed by atoms with Crippen molar-refractivity contribution in [2.24, 2.45) is 0 Å². The van der Waals surface area contributed by atoms with E-state index < -0.39 is 30.2 Å². The fourth-order valence-corrected chi connectivity index (χ4v) is 3.40. The highest BCUT2D eigenvalue weighted by Crippen LogP contribution is 2.45. The maximum absolute atomic E-state index is 13.3. The van der Waals surface area contributed by atoms with Crippen LogP contribution in [0, 0.1) is 13.8 Å². The van der Waals surface area contributed by atoms with Crippen molar-refractivity contribution < 1.29 is 27.9 Å². The van der Waals surface area contributed by atoms with Crippen molar-refractivity contribution in [1.29, 1.82) is 0 Å². The molecule has 2 aromatic rings. The molecule has 1 heterocycles. The van der Waals surface area contributed by atoms with Crippen LogP contribution in [0.3, 0.4) is 0 Å². The molecule has 0 aliphatic carbocycles. The third kappa shape index (κ3) is 4.02. The first-order valence-electron chi connectivity index (χ1n) is 9.04. The Labute approximate surface area is 171 Å². The first-order valence-corrected chi connectivity index (χ1v) is 9.04.